The van der Waals surface area contributed by atoms with Crippen molar-refractivity contribution in [2.45, 2.75) is 43.8 Å². The Kier molecular flexibility index (Phi) is 4.63. The lowest BCUT2D eigenvalue weighted by atomic mass is 10.0. The molecule has 2 aromatic heterocycles. The van der Waals surface area contributed by atoms with Crippen LogP contribution in [0.25, 0.3) is 11.5 Å². The van der Waals surface area contributed by atoms with Gasteiger partial charge in [-0.2, -0.15) is 5.26 Å². The third-order valence-corrected chi connectivity index (χ3v) is 5.58. The van der Waals surface area contributed by atoms with E-state index in [2.05, 4.69) is 38.1 Å². The van der Waals surface area contributed by atoms with Crippen molar-refractivity contribution in [1.82, 2.24) is 35.4 Å². The number of carbonyl (C=O) groups is 1. The number of likely N-dealkylation sites (tertiary alicyclic amines) is 1. The van der Waals surface area contributed by atoms with Gasteiger partial charge in [0.15, 0.2) is 6.19 Å². The van der Waals surface area contributed by atoms with E-state index in [4.69, 9.17) is 4.42 Å². The molecule has 3 heterocycles. The van der Waals surface area contributed by atoms with Gasteiger partial charge in [-0.1, -0.05) is 23.4 Å². The Morgan fingerprint density at radius 3 is 2.93 bits per heavy atom. The van der Waals surface area contributed by atoms with Crippen LogP contribution in [0.15, 0.2) is 41.1 Å². The summed E-state index contributed by atoms with van der Waals surface area (Å²) in [5.41, 5.74) is 2.07. The van der Waals surface area contributed by atoms with E-state index in [1.807, 2.05) is 18.2 Å². The number of nitrogens with one attached hydrogen (secondary N) is 1. The molecule has 1 N–H and O–H groups in total. The Bertz CT molecular complexity index is 1080. The van der Waals surface area contributed by atoms with Crippen LogP contribution < -0.4 is 5.32 Å². The topological polar surface area (TPSA) is 126 Å². The van der Waals surface area contributed by atoms with Crippen molar-refractivity contribution in [2.75, 3.05) is 6.54 Å². The first kappa shape index (κ1) is 18.3. The van der Waals surface area contributed by atoms with E-state index in [-0.39, 0.29) is 18.0 Å². The zero-order valence-corrected chi connectivity index (χ0v) is 16.2. The van der Waals surface area contributed by atoms with Crippen LogP contribution in [0.5, 0.6) is 0 Å². The minimum Gasteiger partial charge on any atom is -0.412 e. The predicted molar refractivity (Wildman–Crippen MR) is 104 cm³/mol. The van der Waals surface area contributed by atoms with Crippen LogP contribution >= 0.6 is 0 Å². The lowest BCUT2D eigenvalue weighted by molar-refractivity contribution is 0.0904. The molecule has 2 atom stereocenters. The molecule has 0 radical (unpaired) electrons. The molecule has 0 unspecified atom stereocenters. The van der Waals surface area contributed by atoms with E-state index in [0.717, 1.165) is 18.4 Å². The van der Waals surface area contributed by atoms with Crippen LogP contribution in [-0.2, 0) is 6.54 Å². The van der Waals surface area contributed by atoms with Crippen LogP contribution in [0, 0.1) is 11.5 Å². The highest BCUT2D eigenvalue weighted by atomic mass is 16.4. The molecule has 1 saturated carbocycles. The van der Waals surface area contributed by atoms with Gasteiger partial charge in [-0.25, -0.2) is 0 Å². The molecule has 1 saturated heterocycles. The lowest BCUT2D eigenvalue weighted by Gasteiger charge is -2.16. The molecule has 0 spiro atoms. The first-order valence-electron chi connectivity index (χ1n) is 9.95. The van der Waals surface area contributed by atoms with Crippen molar-refractivity contribution < 1.29 is 9.21 Å². The number of aromatic nitrogens is 5. The minimum atomic E-state index is -0.429. The largest absolute Gasteiger partial charge is 0.412 e. The number of hydrogen-bond acceptors (Lipinski definition) is 8. The molecular weight excluding hydrogens is 384 g/mol. The Morgan fingerprint density at radius 1 is 1.30 bits per heavy atom. The van der Waals surface area contributed by atoms with Gasteiger partial charge in [-0.15, -0.1) is 15.3 Å². The molecule has 10 heteroatoms. The summed E-state index contributed by atoms with van der Waals surface area (Å²) in [5.74, 6) is 0.389. The van der Waals surface area contributed by atoms with Crippen molar-refractivity contribution in [3.63, 3.8) is 0 Å². The Morgan fingerprint density at radius 2 is 2.17 bits per heavy atom. The zero-order chi connectivity index (χ0) is 20.5. The number of nitrogens with zero attached hydrogens (tertiary/aromatic N) is 7. The highest BCUT2D eigenvalue weighted by molar-refractivity contribution is 5.90. The van der Waals surface area contributed by atoms with Crippen LogP contribution in [0.2, 0.25) is 0 Å². The average molecular weight is 404 g/mol. The second kappa shape index (κ2) is 7.59. The van der Waals surface area contributed by atoms with Gasteiger partial charge in [-0.05, 0) is 36.8 Å². The third kappa shape index (κ3) is 3.61. The van der Waals surface area contributed by atoms with Crippen LogP contribution in [0.4, 0.5) is 0 Å². The van der Waals surface area contributed by atoms with Crippen molar-refractivity contribution >= 4 is 5.91 Å². The number of nitriles is 1. The molecule has 10 nitrogen and oxygen atoms in total. The molecular formula is C20H20N8O2. The van der Waals surface area contributed by atoms with Crippen LogP contribution in [0.3, 0.4) is 0 Å². The smallest absolute Gasteiger partial charge is 0.309 e. The fourth-order valence-corrected chi connectivity index (χ4v) is 3.98. The predicted octanol–water partition coefficient (Wildman–Crippen LogP) is 1.56. The van der Waals surface area contributed by atoms with Crippen molar-refractivity contribution in [3.05, 3.63) is 48.1 Å². The third-order valence-electron chi connectivity index (χ3n) is 5.58. The monoisotopic (exact) mass is 404 g/mol. The SMILES string of the molecule is N#CN1C[C@H](NC(=O)c2nnc(-c3ccccc3C3CC3)o2)C[C@H]1Cn1ccnn1. The van der Waals surface area contributed by atoms with E-state index in [1.54, 1.807) is 22.0 Å². The summed E-state index contributed by atoms with van der Waals surface area (Å²) in [6.45, 7) is 0.954. The van der Waals surface area contributed by atoms with E-state index in [0.29, 0.717) is 31.3 Å². The molecule has 30 heavy (non-hydrogen) atoms. The number of benzene rings is 1. The van der Waals surface area contributed by atoms with E-state index < -0.39 is 5.91 Å². The van der Waals surface area contributed by atoms with Gasteiger partial charge in [0.1, 0.15) is 0 Å². The van der Waals surface area contributed by atoms with Crippen LogP contribution in [-0.4, -0.2) is 54.6 Å². The molecule has 3 aromatic rings. The summed E-state index contributed by atoms with van der Waals surface area (Å²) in [6.07, 6.45) is 8.47. The average Bonchev–Trinajstić information content (AvgIpc) is 3.14. The number of rotatable bonds is 6. The van der Waals surface area contributed by atoms with Gasteiger partial charge in [0, 0.05) is 24.3 Å². The maximum atomic E-state index is 12.7. The standard InChI is InChI=1S/C20H20N8O2/c21-12-27-10-14(9-15(27)11-28-8-7-22-26-28)23-18(29)20-25-24-19(30-20)17-4-2-1-3-16(17)13-5-6-13/h1-4,7-8,13-15H,5-6,9-11H2,(H,23,29)/t14-,15+/m1/s1. The summed E-state index contributed by atoms with van der Waals surface area (Å²) >= 11 is 0. The Labute approximate surface area is 172 Å². The van der Waals surface area contributed by atoms with Crippen molar-refractivity contribution in [1.29, 1.82) is 5.26 Å². The van der Waals surface area contributed by atoms with Gasteiger partial charge in [-0.3, -0.25) is 9.48 Å². The molecule has 1 aromatic carbocycles. The Balaban J connectivity index is 1.26. The lowest BCUT2D eigenvalue weighted by Crippen LogP contribution is -2.36. The molecule has 5 rings (SSSR count). The molecule has 1 aliphatic carbocycles. The van der Waals surface area contributed by atoms with Gasteiger partial charge in [0.2, 0.25) is 5.89 Å². The minimum absolute atomic E-state index is 0.0642. The van der Waals surface area contributed by atoms with Crippen molar-refractivity contribution in [2.24, 2.45) is 0 Å². The highest BCUT2D eigenvalue weighted by Crippen LogP contribution is 2.44. The molecule has 1 aliphatic heterocycles. The van der Waals surface area contributed by atoms with Gasteiger partial charge in [0.25, 0.3) is 0 Å². The van der Waals surface area contributed by atoms with Crippen molar-refractivity contribution in [3.8, 4) is 17.6 Å². The maximum absolute atomic E-state index is 12.7. The number of hydrogen-bond donors (Lipinski definition) is 1. The van der Waals surface area contributed by atoms with Crippen LogP contribution in [0.1, 0.15) is 41.4 Å². The quantitative estimate of drug-likeness (QED) is 0.614. The number of amides is 1. The maximum Gasteiger partial charge on any atom is 0.309 e. The first-order valence-corrected chi connectivity index (χ1v) is 9.95. The van der Waals surface area contributed by atoms with Gasteiger partial charge < -0.3 is 14.6 Å². The Hall–Kier alpha value is -3.74. The molecule has 1 amide bonds. The van der Waals surface area contributed by atoms with Gasteiger partial charge in [0.05, 0.1) is 18.8 Å². The summed E-state index contributed by atoms with van der Waals surface area (Å²) in [5, 5.41) is 28.1. The molecule has 2 aliphatic rings. The summed E-state index contributed by atoms with van der Waals surface area (Å²) < 4.78 is 7.37. The summed E-state index contributed by atoms with van der Waals surface area (Å²) in [7, 11) is 0. The highest BCUT2D eigenvalue weighted by Gasteiger charge is 2.34. The second-order valence-corrected chi connectivity index (χ2v) is 7.71. The van der Waals surface area contributed by atoms with Gasteiger partial charge >= 0.3 is 11.8 Å². The first-order chi connectivity index (χ1) is 14.7. The fourth-order valence-electron chi connectivity index (χ4n) is 3.98. The second-order valence-electron chi connectivity index (χ2n) is 7.71. The molecule has 152 valence electrons. The normalized spacial score (nSPS) is 20.8. The fraction of sp³-hybridized carbons (Fsp3) is 0.400. The van der Waals surface area contributed by atoms with E-state index in [9.17, 15) is 10.1 Å². The molecule has 0 bridgehead atoms. The molecule has 2 fully saturated rings. The van der Waals surface area contributed by atoms with E-state index in [1.165, 1.54) is 5.56 Å². The summed E-state index contributed by atoms with van der Waals surface area (Å²) in [4.78, 5) is 14.3. The summed E-state index contributed by atoms with van der Waals surface area (Å²) in [6, 6.07) is 7.68. The number of carbonyl (C=O) groups excluding carboxylic acids is 1. The zero-order valence-electron chi connectivity index (χ0n) is 16.2. The van der Waals surface area contributed by atoms with E-state index >= 15 is 0 Å².